The molecular weight excluding hydrogens is 839 g/mol. The Hall–Kier alpha value is -5.42. The van der Waals surface area contributed by atoms with Gasteiger partial charge in [0.05, 0.1) is 71.8 Å². The molecule has 0 N–H and O–H groups in total. The quantitative estimate of drug-likeness (QED) is 0.246. The average molecular weight is 892 g/mol. The van der Waals surface area contributed by atoms with Crippen molar-refractivity contribution in [3.05, 3.63) is 47.6 Å². The van der Waals surface area contributed by atoms with Crippen molar-refractivity contribution in [2.75, 3.05) is 35.2 Å². The summed E-state index contributed by atoms with van der Waals surface area (Å²) in [5, 5.41) is 0. The molecule has 0 aromatic carbocycles. The third-order valence-electron chi connectivity index (χ3n) is 17.7. The average Bonchev–Trinajstić information content (AvgIpc) is 4.14. The van der Waals surface area contributed by atoms with Crippen LogP contribution >= 0.6 is 0 Å². The molecule has 0 aromatic rings. The van der Waals surface area contributed by atoms with Crippen LogP contribution in [0.2, 0.25) is 0 Å². The number of rotatable bonds is 0. The minimum Gasteiger partial charge on any atom is -0.373 e. The van der Waals surface area contributed by atoms with E-state index in [0.717, 1.165) is 43.3 Å². The molecule has 0 aromatic heterocycles. The number of amides is 10. The Morgan fingerprint density at radius 1 is 0.369 bits per heavy atom. The first kappa shape index (κ1) is 42.2. The Morgan fingerprint density at radius 2 is 0.738 bits per heavy atom. The van der Waals surface area contributed by atoms with Crippen molar-refractivity contribution < 1.29 is 57.4 Å². The number of fused-ring (bicyclic) bond motifs is 24. The van der Waals surface area contributed by atoms with E-state index in [1.165, 1.54) is 37.3 Å². The van der Waals surface area contributed by atoms with Crippen LogP contribution < -0.4 is 0 Å². The van der Waals surface area contributed by atoms with Gasteiger partial charge in [0.1, 0.15) is 0 Å². The van der Waals surface area contributed by atoms with Crippen molar-refractivity contribution in [3.8, 4) is 0 Å². The van der Waals surface area contributed by atoms with Crippen LogP contribution in [-0.2, 0) is 57.4 Å². The van der Waals surface area contributed by atoms with Crippen LogP contribution in [0.3, 0.4) is 0 Å². The van der Waals surface area contributed by atoms with Crippen molar-refractivity contribution in [2.24, 2.45) is 82.9 Å². The molecule has 7 saturated heterocycles. The number of likely N-dealkylation sites (tertiary alicyclic amines) is 5. The summed E-state index contributed by atoms with van der Waals surface area (Å²) in [6.07, 6.45) is 19.1. The van der Waals surface area contributed by atoms with Crippen LogP contribution in [0.25, 0.3) is 0 Å². The number of hydrogen-bond acceptors (Lipinski definition) is 12. The van der Waals surface area contributed by atoms with Gasteiger partial charge in [0, 0.05) is 58.2 Å². The number of allylic oxidation sites excluding steroid dienone is 4. The molecule has 3 saturated carbocycles. The number of carbonyl (C=O) groups is 10. The summed E-state index contributed by atoms with van der Waals surface area (Å²) in [6.45, 7) is 0. The standard InChI is InChI=1S/C10H13NO2.C10H11NO2.C10H9NO2.C9H11NO3.C9H9NO3/c3*1-11-9(12)7-5-2-3-6(4-5)8(7)10(11)13;2*1-10-8(11)6-4-2-3-5(13-4)7(6)9(10)12/h5-8H,2-4H2,1H3;2-3,5-8H,4H2,1H3;2-3,5-6H,4H2,1H3;4-7H,2-3H2,1H3;2-7H,1H3. The highest BCUT2D eigenvalue weighted by Crippen LogP contribution is 2.56. The van der Waals surface area contributed by atoms with Crippen LogP contribution in [0.5, 0.6) is 0 Å². The highest BCUT2D eigenvalue weighted by molar-refractivity contribution is 6.21. The maximum absolute atomic E-state index is 11.7. The minimum atomic E-state index is -0.243. The third-order valence-corrected chi connectivity index (χ3v) is 17.7. The molecule has 10 amide bonds. The van der Waals surface area contributed by atoms with E-state index < -0.39 is 0 Å². The number of imide groups is 5. The second kappa shape index (κ2) is 14.8. The minimum absolute atomic E-state index is 0.0208. The fraction of sp³-hybridized carbons (Fsp3) is 0.625. The first-order chi connectivity index (χ1) is 31.0. The predicted molar refractivity (Wildman–Crippen MR) is 222 cm³/mol. The van der Waals surface area contributed by atoms with Crippen molar-refractivity contribution in [2.45, 2.75) is 69.4 Å². The summed E-state index contributed by atoms with van der Waals surface area (Å²) in [4.78, 5) is 123. The molecule has 65 heavy (non-hydrogen) atoms. The number of hydrogen-bond donors (Lipinski definition) is 0. The van der Waals surface area contributed by atoms with E-state index in [2.05, 4.69) is 12.2 Å². The van der Waals surface area contributed by atoms with Crippen molar-refractivity contribution in [1.82, 2.24) is 24.5 Å². The molecule has 6 aliphatic carbocycles. The molecule has 10 bridgehead atoms. The van der Waals surface area contributed by atoms with Crippen LogP contribution in [0.15, 0.2) is 47.6 Å². The van der Waals surface area contributed by atoms with E-state index in [4.69, 9.17) is 9.47 Å². The lowest BCUT2D eigenvalue weighted by Gasteiger charge is -2.19. The van der Waals surface area contributed by atoms with E-state index >= 15 is 0 Å². The lowest BCUT2D eigenvalue weighted by Crippen LogP contribution is -2.30. The molecule has 17 heteroatoms. The second-order valence-corrected chi connectivity index (χ2v) is 20.5. The second-order valence-electron chi connectivity index (χ2n) is 20.5. The molecule has 0 radical (unpaired) electrons. The maximum atomic E-state index is 11.7. The fourth-order valence-electron chi connectivity index (χ4n) is 14.5. The summed E-state index contributed by atoms with van der Waals surface area (Å²) in [5.74, 6) is 1.28. The third kappa shape index (κ3) is 5.82. The Morgan fingerprint density at radius 3 is 1.15 bits per heavy atom. The molecule has 18 unspecified atom stereocenters. The van der Waals surface area contributed by atoms with Crippen molar-refractivity contribution in [3.63, 3.8) is 0 Å². The van der Waals surface area contributed by atoms with Crippen LogP contribution in [0.1, 0.15) is 44.9 Å². The van der Waals surface area contributed by atoms with Gasteiger partial charge in [-0.15, -0.1) is 0 Å². The van der Waals surface area contributed by atoms with Crippen molar-refractivity contribution in [1.29, 1.82) is 0 Å². The summed E-state index contributed by atoms with van der Waals surface area (Å²) in [7, 11) is 7.90. The van der Waals surface area contributed by atoms with Gasteiger partial charge in [0.2, 0.25) is 47.3 Å². The van der Waals surface area contributed by atoms with Gasteiger partial charge in [-0.2, -0.15) is 0 Å². The van der Waals surface area contributed by atoms with Gasteiger partial charge in [-0.3, -0.25) is 72.4 Å². The van der Waals surface area contributed by atoms with Gasteiger partial charge < -0.3 is 9.47 Å². The number of ether oxygens (including phenoxy) is 2. The normalized spacial score (nSPS) is 44.7. The summed E-state index contributed by atoms with van der Waals surface area (Å²) in [6, 6.07) is 0. The Kier molecular flexibility index (Phi) is 9.61. The molecule has 10 fully saturated rings. The Bertz CT molecular complexity index is 2140. The maximum Gasteiger partial charge on any atom is 0.257 e. The van der Waals surface area contributed by atoms with E-state index in [1.54, 1.807) is 35.2 Å². The molecule has 15 rings (SSSR count). The van der Waals surface area contributed by atoms with Crippen LogP contribution in [0.4, 0.5) is 0 Å². The fourth-order valence-corrected chi connectivity index (χ4v) is 14.5. The number of carbonyl (C=O) groups excluding carboxylic acids is 10. The zero-order chi connectivity index (χ0) is 45.8. The van der Waals surface area contributed by atoms with E-state index in [-0.39, 0.29) is 143 Å². The topological polar surface area (TPSA) is 205 Å². The van der Waals surface area contributed by atoms with Gasteiger partial charge >= 0.3 is 0 Å². The first-order valence-electron chi connectivity index (χ1n) is 23.2. The van der Waals surface area contributed by atoms with E-state index in [9.17, 15) is 47.9 Å². The lowest BCUT2D eigenvalue weighted by atomic mass is 9.81. The molecule has 342 valence electrons. The Balaban J connectivity index is 0.0000000901. The highest BCUT2D eigenvalue weighted by Gasteiger charge is 2.63. The Labute approximate surface area is 375 Å². The smallest absolute Gasteiger partial charge is 0.257 e. The molecule has 17 nitrogen and oxygen atoms in total. The molecule has 18 atom stereocenters. The van der Waals surface area contributed by atoms with Gasteiger partial charge in [0.25, 0.3) is 11.8 Å². The lowest BCUT2D eigenvalue weighted by molar-refractivity contribution is -0.142. The zero-order valence-corrected chi connectivity index (χ0v) is 36.9. The molecule has 0 spiro atoms. The predicted octanol–water partition coefficient (Wildman–Crippen LogP) is 0.891. The molecule has 9 heterocycles. The van der Waals surface area contributed by atoms with Crippen LogP contribution in [0, 0.1) is 82.9 Å². The molecule has 9 aliphatic heterocycles. The van der Waals surface area contributed by atoms with Gasteiger partial charge in [-0.25, -0.2) is 0 Å². The van der Waals surface area contributed by atoms with Gasteiger partial charge in [0.15, 0.2) is 0 Å². The number of likely N-dealkylation sites (N-methyl/N-ethyl adjacent to an activating group) is 1. The highest BCUT2D eigenvalue weighted by atomic mass is 16.5. The zero-order valence-electron chi connectivity index (χ0n) is 36.9. The SMILES string of the molecule is CN1C(=O)C2=C(C1=O)C1C=CC2C1.CN1C(=O)C2C3C=CC(C3)C2C1=O.CN1C(=O)C2C3C=CC(O3)C2C1=O.CN1C(=O)C2C3CCC(C3)C2C1=O.CN1C(=O)C2C3CCC(O3)C2C1=O. The molecular formula is C48H53N5O12. The van der Waals surface area contributed by atoms with Gasteiger partial charge in [-0.05, 0) is 68.6 Å². The van der Waals surface area contributed by atoms with E-state index in [1.807, 2.05) is 24.3 Å². The summed E-state index contributed by atoms with van der Waals surface area (Å²) in [5.41, 5.74) is 1.53. The summed E-state index contributed by atoms with van der Waals surface area (Å²) >= 11 is 0. The van der Waals surface area contributed by atoms with Gasteiger partial charge in [-0.1, -0.05) is 36.5 Å². The van der Waals surface area contributed by atoms with Crippen molar-refractivity contribution >= 4 is 59.1 Å². The van der Waals surface area contributed by atoms with Crippen LogP contribution in [-0.4, -0.2) is 143 Å². The number of nitrogens with zero attached hydrogens (tertiary/aromatic N) is 5. The van der Waals surface area contributed by atoms with E-state index in [0.29, 0.717) is 23.7 Å². The summed E-state index contributed by atoms with van der Waals surface area (Å²) < 4.78 is 11.0. The first-order valence-corrected chi connectivity index (χ1v) is 23.2. The molecule has 15 aliphatic rings. The monoisotopic (exact) mass is 891 g/mol. The largest absolute Gasteiger partial charge is 0.373 e.